The molecule has 0 fully saturated rings. The minimum absolute atomic E-state index is 0.0602. The van der Waals surface area contributed by atoms with Gasteiger partial charge in [-0.25, -0.2) is 4.98 Å². The van der Waals surface area contributed by atoms with Gasteiger partial charge >= 0.3 is 0 Å². The third-order valence-corrected chi connectivity index (χ3v) is 4.10. The van der Waals surface area contributed by atoms with Crippen LogP contribution < -0.4 is 5.43 Å². The molecule has 0 aliphatic heterocycles. The number of hydrogen-bond acceptors (Lipinski definition) is 3. The maximum absolute atomic E-state index is 12.6. The van der Waals surface area contributed by atoms with Crippen LogP contribution in [-0.4, -0.2) is 19.5 Å². The molecule has 0 saturated heterocycles. The number of H-pyrrole nitrogens is 1. The number of pyridine rings is 2. The number of nitrogens with one attached hydrogen (secondary N) is 1. The first kappa shape index (κ1) is 13.2. The number of aromatic amines is 1. The first-order chi connectivity index (χ1) is 10.7. The van der Waals surface area contributed by atoms with Gasteiger partial charge in [-0.05, 0) is 29.8 Å². The van der Waals surface area contributed by atoms with E-state index in [-0.39, 0.29) is 5.43 Å². The molecule has 22 heavy (non-hydrogen) atoms. The van der Waals surface area contributed by atoms with E-state index in [0.717, 1.165) is 21.2 Å². The first-order valence-electron chi connectivity index (χ1n) is 6.77. The summed E-state index contributed by atoms with van der Waals surface area (Å²) in [5.74, 6) is 0. The average Bonchev–Trinajstić information content (AvgIpc) is 2.93. The van der Waals surface area contributed by atoms with E-state index >= 15 is 0 Å². The van der Waals surface area contributed by atoms with Crippen molar-refractivity contribution in [3.05, 3.63) is 69.3 Å². The Balaban J connectivity index is 1.93. The molecule has 0 spiro atoms. The number of halogens is 1. The third-order valence-electron chi connectivity index (χ3n) is 3.61. The Labute approximate surface area is 133 Å². The lowest BCUT2D eigenvalue weighted by Gasteiger charge is -2.05. The molecule has 0 bridgehead atoms. The maximum atomic E-state index is 12.6. The molecule has 1 N–H and O–H groups in total. The molecule has 0 atom stereocenters. The summed E-state index contributed by atoms with van der Waals surface area (Å²) in [6.07, 6.45) is 5.23. The van der Waals surface area contributed by atoms with E-state index in [0.29, 0.717) is 17.4 Å². The van der Waals surface area contributed by atoms with E-state index in [1.807, 2.05) is 41.1 Å². The van der Waals surface area contributed by atoms with Crippen molar-refractivity contribution in [1.82, 2.24) is 19.5 Å². The number of hydrogen-bond donors (Lipinski definition) is 1. The number of fused-ring (bicyclic) bond motifs is 2. The topological polar surface area (TPSA) is 63.6 Å². The summed E-state index contributed by atoms with van der Waals surface area (Å²) < 4.78 is 2.80. The van der Waals surface area contributed by atoms with Crippen LogP contribution in [0.1, 0.15) is 5.56 Å². The molecule has 0 saturated carbocycles. The van der Waals surface area contributed by atoms with Crippen LogP contribution in [0.2, 0.25) is 0 Å². The Morgan fingerprint density at radius 2 is 2.18 bits per heavy atom. The molecular weight excluding hydrogens is 344 g/mol. The van der Waals surface area contributed by atoms with E-state index in [1.54, 1.807) is 12.5 Å². The second-order valence-corrected chi connectivity index (χ2v) is 5.99. The van der Waals surface area contributed by atoms with Gasteiger partial charge in [0.1, 0.15) is 5.65 Å². The maximum Gasteiger partial charge on any atom is 0.217 e. The highest BCUT2D eigenvalue weighted by Gasteiger charge is 2.11. The fourth-order valence-corrected chi connectivity index (χ4v) is 2.92. The van der Waals surface area contributed by atoms with E-state index in [9.17, 15) is 4.79 Å². The molecular formula is C16H11BrN4O. The lowest BCUT2D eigenvalue weighted by atomic mass is 10.2. The van der Waals surface area contributed by atoms with Gasteiger partial charge in [0, 0.05) is 22.3 Å². The van der Waals surface area contributed by atoms with Crippen molar-refractivity contribution in [2.75, 3.05) is 0 Å². The van der Waals surface area contributed by atoms with Crippen molar-refractivity contribution in [3.63, 3.8) is 0 Å². The van der Waals surface area contributed by atoms with Crippen LogP contribution in [0.3, 0.4) is 0 Å². The van der Waals surface area contributed by atoms with Crippen LogP contribution >= 0.6 is 15.9 Å². The SMILES string of the molecule is O=c1c2cc(Br)ccc2[nH]c2c1ncn2Cc1cccnc1. The second kappa shape index (κ2) is 5.06. The zero-order valence-corrected chi connectivity index (χ0v) is 13.0. The van der Waals surface area contributed by atoms with Gasteiger partial charge in [-0.1, -0.05) is 22.0 Å². The quantitative estimate of drug-likeness (QED) is 0.601. The largest absolute Gasteiger partial charge is 0.339 e. The Morgan fingerprint density at radius 1 is 1.27 bits per heavy atom. The van der Waals surface area contributed by atoms with Crippen LogP contribution in [0.15, 0.2) is 58.3 Å². The van der Waals surface area contributed by atoms with Crippen LogP contribution in [0.5, 0.6) is 0 Å². The molecule has 6 heteroatoms. The van der Waals surface area contributed by atoms with Crippen molar-refractivity contribution < 1.29 is 0 Å². The molecule has 0 aliphatic rings. The molecule has 0 radical (unpaired) electrons. The number of imidazole rings is 1. The normalized spacial score (nSPS) is 11.3. The fraction of sp³-hybridized carbons (Fsp3) is 0.0625. The summed E-state index contributed by atoms with van der Waals surface area (Å²) in [7, 11) is 0. The summed E-state index contributed by atoms with van der Waals surface area (Å²) in [5.41, 5.74) is 2.97. The molecule has 108 valence electrons. The van der Waals surface area contributed by atoms with E-state index in [1.165, 1.54) is 0 Å². The van der Waals surface area contributed by atoms with Gasteiger partial charge in [0.05, 0.1) is 18.4 Å². The summed E-state index contributed by atoms with van der Waals surface area (Å²) in [4.78, 5) is 24.3. The molecule has 3 aromatic heterocycles. The van der Waals surface area contributed by atoms with Gasteiger partial charge in [0.2, 0.25) is 5.43 Å². The minimum atomic E-state index is -0.0602. The van der Waals surface area contributed by atoms with Crippen LogP contribution in [0.25, 0.3) is 22.1 Å². The monoisotopic (exact) mass is 354 g/mol. The smallest absolute Gasteiger partial charge is 0.217 e. The number of nitrogens with zero attached hydrogens (tertiary/aromatic N) is 3. The molecule has 0 unspecified atom stereocenters. The van der Waals surface area contributed by atoms with E-state index < -0.39 is 0 Å². The summed E-state index contributed by atoms with van der Waals surface area (Å²) >= 11 is 3.39. The van der Waals surface area contributed by atoms with Crippen LogP contribution in [0, 0.1) is 0 Å². The zero-order chi connectivity index (χ0) is 15.1. The molecule has 4 aromatic rings. The van der Waals surface area contributed by atoms with Gasteiger partial charge in [-0.15, -0.1) is 0 Å². The molecule has 0 aliphatic carbocycles. The van der Waals surface area contributed by atoms with Crippen LogP contribution in [-0.2, 0) is 6.54 Å². The van der Waals surface area contributed by atoms with E-state index in [4.69, 9.17) is 0 Å². The predicted octanol–water partition coefficient (Wildman–Crippen LogP) is 3.08. The number of rotatable bonds is 2. The van der Waals surface area contributed by atoms with Gasteiger partial charge < -0.3 is 9.55 Å². The molecule has 1 aromatic carbocycles. The second-order valence-electron chi connectivity index (χ2n) is 5.07. The minimum Gasteiger partial charge on any atom is -0.339 e. The standard InChI is InChI=1S/C16H11BrN4O/c17-11-3-4-13-12(6-11)15(22)14-16(20-13)21(9-19-14)8-10-2-1-5-18-7-10/h1-7,9H,8H2,(H,20,22). The van der Waals surface area contributed by atoms with Gasteiger partial charge in [-0.2, -0.15) is 0 Å². The first-order valence-corrected chi connectivity index (χ1v) is 7.57. The van der Waals surface area contributed by atoms with Crippen molar-refractivity contribution >= 4 is 38.0 Å². The van der Waals surface area contributed by atoms with Gasteiger partial charge in [0.15, 0.2) is 5.52 Å². The Morgan fingerprint density at radius 3 is 3.00 bits per heavy atom. The van der Waals surface area contributed by atoms with Crippen molar-refractivity contribution in [3.8, 4) is 0 Å². The molecule has 3 heterocycles. The highest BCUT2D eigenvalue weighted by Crippen LogP contribution is 2.19. The van der Waals surface area contributed by atoms with Crippen molar-refractivity contribution in [2.45, 2.75) is 6.54 Å². The lowest BCUT2D eigenvalue weighted by molar-refractivity contribution is 0.811. The third kappa shape index (κ3) is 2.12. The van der Waals surface area contributed by atoms with Gasteiger partial charge in [-0.3, -0.25) is 9.78 Å². The predicted molar refractivity (Wildman–Crippen MR) is 88.9 cm³/mol. The molecule has 0 amide bonds. The lowest BCUT2D eigenvalue weighted by Crippen LogP contribution is -2.06. The zero-order valence-electron chi connectivity index (χ0n) is 11.5. The Hall–Kier alpha value is -2.47. The number of aromatic nitrogens is 4. The Bertz CT molecular complexity index is 1040. The average molecular weight is 355 g/mol. The highest BCUT2D eigenvalue weighted by atomic mass is 79.9. The van der Waals surface area contributed by atoms with E-state index in [2.05, 4.69) is 30.9 Å². The fourth-order valence-electron chi connectivity index (χ4n) is 2.56. The van der Waals surface area contributed by atoms with Crippen molar-refractivity contribution in [2.24, 2.45) is 0 Å². The summed E-state index contributed by atoms with van der Waals surface area (Å²) in [5, 5.41) is 0.633. The van der Waals surface area contributed by atoms with Crippen LogP contribution in [0.4, 0.5) is 0 Å². The molecule has 4 rings (SSSR count). The molecule has 5 nitrogen and oxygen atoms in total. The number of benzene rings is 1. The van der Waals surface area contributed by atoms with Gasteiger partial charge in [0.25, 0.3) is 0 Å². The summed E-state index contributed by atoms with van der Waals surface area (Å²) in [6.45, 7) is 0.613. The Kier molecular flexibility index (Phi) is 3.04. The highest BCUT2D eigenvalue weighted by molar-refractivity contribution is 9.10. The summed E-state index contributed by atoms with van der Waals surface area (Å²) in [6, 6.07) is 9.50. The van der Waals surface area contributed by atoms with Crippen molar-refractivity contribution in [1.29, 1.82) is 0 Å².